The van der Waals surface area contributed by atoms with Crippen molar-refractivity contribution in [2.45, 2.75) is 87.8 Å². The van der Waals surface area contributed by atoms with Crippen molar-refractivity contribution >= 4 is 5.97 Å². The quantitative estimate of drug-likeness (QED) is 0.145. The second kappa shape index (κ2) is 12.7. The Morgan fingerprint density at radius 3 is 2.08 bits per heavy atom. The Balaban J connectivity index is 1.67. The highest BCUT2D eigenvalue weighted by atomic mass is 16.7. The molecule has 0 aromatic heterocycles. The summed E-state index contributed by atoms with van der Waals surface area (Å²) in [5.41, 5.74) is 0. The minimum atomic E-state index is -1.59. The summed E-state index contributed by atoms with van der Waals surface area (Å²) in [7, 11) is 0. The molecule has 9 unspecified atom stereocenters. The molecule has 14 atom stereocenters. The first-order valence-electron chi connectivity index (χ1n) is 12.1. The van der Waals surface area contributed by atoms with Crippen molar-refractivity contribution in [1.82, 2.24) is 0 Å². The molecule has 0 aromatic carbocycles. The Kier molecular flexibility index (Phi) is 10.4. The van der Waals surface area contributed by atoms with Gasteiger partial charge in [-0.1, -0.05) is 6.92 Å². The molecule has 0 spiro atoms. The number of aliphatic carboxylic acids is 1. The Morgan fingerprint density at radius 2 is 1.47 bits per heavy atom. The van der Waals surface area contributed by atoms with Gasteiger partial charge in [0.15, 0.2) is 18.7 Å². The van der Waals surface area contributed by atoms with Crippen molar-refractivity contribution in [3.8, 4) is 0 Å². The molecule has 0 amide bonds. The molecule has 36 heavy (non-hydrogen) atoms. The summed E-state index contributed by atoms with van der Waals surface area (Å²) in [6.45, 7) is 2.33. The Bertz CT molecular complexity index is 710. The summed E-state index contributed by atoms with van der Waals surface area (Å²) in [5.74, 6) is -3.51. The van der Waals surface area contributed by atoms with E-state index in [0.29, 0.717) is 0 Å². The first-order chi connectivity index (χ1) is 17.0. The first-order valence-corrected chi connectivity index (χ1v) is 12.1. The van der Waals surface area contributed by atoms with Crippen molar-refractivity contribution < 1.29 is 69.3 Å². The van der Waals surface area contributed by atoms with Crippen molar-refractivity contribution in [3.63, 3.8) is 0 Å². The van der Waals surface area contributed by atoms with Gasteiger partial charge in [0.1, 0.15) is 30.5 Å². The maximum Gasteiger partial charge on any atom is 0.335 e. The summed E-state index contributed by atoms with van der Waals surface area (Å²) < 4.78 is 27.6. The normalized spacial score (nSPS) is 48.0. The van der Waals surface area contributed by atoms with Crippen LogP contribution in [0.4, 0.5) is 0 Å². The number of aliphatic hydroxyl groups is 7. The highest BCUT2D eigenvalue weighted by Gasteiger charge is 2.49. The lowest BCUT2D eigenvalue weighted by Crippen LogP contribution is -2.59. The van der Waals surface area contributed by atoms with Gasteiger partial charge < -0.3 is 64.5 Å². The van der Waals surface area contributed by atoms with Gasteiger partial charge in [0.05, 0.1) is 44.7 Å². The molecule has 0 radical (unpaired) electrons. The molecule has 0 bridgehead atoms. The predicted octanol–water partition coefficient (Wildman–Crippen LogP) is -3.61. The third-order valence-electron chi connectivity index (χ3n) is 7.33. The van der Waals surface area contributed by atoms with Crippen LogP contribution in [0.2, 0.25) is 0 Å². The monoisotopic (exact) mass is 526 g/mol. The average molecular weight is 527 g/mol. The molecule has 14 heteroatoms. The molecule has 3 heterocycles. The Hall–Kier alpha value is -1.01. The highest BCUT2D eigenvalue weighted by Crippen LogP contribution is 2.33. The van der Waals surface area contributed by atoms with Crippen LogP contribution in [-0.4, -0.2) is 141 Å². The van der Waals surface area contributed by atoms with Crippen molar-refractivity contribution in [2.75, 3.05) is 26.4 Å². The van der Waals surface area contributed by atoms with E-state index in [1.165, 1.54) is 6.92 Å². The van der Waals surface area contributed by atoms with E-state index in [-0.39, 0.29) is 26.2 Å². The molecule has 0 aromatic rings. The number of carboxylic acid groups (broad SMARTS) is 1. The highest BCUT2D eigenvalue weighted by molar-refractivity contribution is 5.73. The van der Waals surface area contributed by atoms with Crippen LogP contribution in [0.25, 0.3) is 0 Å². The second-order valence-corrected chi connectivity index (χ2v) is 9.63. The fourth-order valence-electron chi connectivity index (χ4n) is 4.93. The molecular weight excluding hydrogens is 488 g/mol. The zero-order valence-corrected chi connectivity index (χ0v) is 20.1. The standard InChI is InChI=1S/C22H38O14/c1-3-10-15(26)19(20(30)31)36-21(16(10)27)33-6-9-5-32-12(4-23)14(25)11(9)7-34-22-18(29)17(28)13(24)8(2)35-22/h8-19,21-29H,3-7H2,1-2H3,(H,30,31)/t8?,9?,10?,11?,12?,13-,14+,15+,16?,17?,18?,19?,21+,22+/m0/s1. The fourth-order valence-corrected chi connectivity index (χ4v) is 4.93. The molecule has 210 valence electrons. The van der Waals surface area contributed by atoms with Crippen LogP contribution in [-0.2, 0) is 28.5 Å². The molecule has 0 aliphatic carbocycles. The topological polar surface area (TPSA) is 225 Å². The Morgan fingerprint density at radius 1 is 0.833 bits per heavy atom. The largest absolute Gasteiger partial charge is 0.479 e. The molecule has 3 aliphatic rings. The molecule has 3 aliphatic heterocycles. The molecule has 3 rings (SSSR count). The summed E-state index contributed by atoms with van der Waals surface area (Å²) in [6.07, 6.45) is -14.1. The van der Waals surface area contributed by atoms with Crippen LogP contribution in [0.5, 0.6) is 0 Å². The lowest BCUT2D eigenvalue weighted by molar-refractivity contribution is -0.305. The number of ether oxygens (including phenoxy) is 5. The van der Waals surface area contributed by atoms with Gasteiger partial charge in [0.2, 0.25) is 0 Å². The maximum absolute atomic E-state index is 11.5. The number of hydrogen-bond acceptors (Lipinski definition) is 13. The number of rotatable bonds is 9. The summed E-state index contributed by atoms with van der Waals surface area (Å²) in [6, 6.07) is 0. The van der Waals surface area contributed by atoms with Gasteiger partial charge in [0, 0.05) is 17.8 Å². The van der Waals surface area contributed by atoms with E-state index >= 15 is 0 Å². The van der Waals surface area contributed by atoms with E-state index in [9.17, 15) is 45.6 Å². The maximum atomic E-state index is 11.5. The summed E-state index contributed by atoms with van der Waals surface area (Å²) in [5, 5.41) is 80.5. The van der Waals surface area contributed by atoms with Crippen molar-refractivity contribution in [1.29, 1.82) is 0 Å². The Labute approximate surface area is 207 Å². The van der Waals surface area contributed by atoms with E-state index < -0.39 is 97.8 Å². The van der Waals surface area contributed by atoms with Crippen molar-refractivity contribution in [2.24, 2.45) is 17.8 Å². The van der Waals surface area contributed by atoms with E-state index in [0.717, 1.165) is 0 Å². The van der Waals surface area contributed by atoms with Gasteiger partial charge in [-0.05, 0) is 13.3 Å². The van der Waals surface area contributed by atoms with Gasteiger partial charge in [0.25, 0.3) is 0 Å². The summed E-state index contributed by atoms with van der Waals surface area (Å²) >= 11 is 0. The van der Waals surface area contributed by atoms with E-state index in [2.05, 4.69) is 0 Å². The van der Waals surface area contributed by atoms with Crippen LogP contribution < -0.4 is 0 Å². The number of carbonyl (C=O) groups is 1. The SMILES string of the molecule is CCC1C(O)[C@H](OCC2COC(CO)[C@H](O)C2CO[C@@H]2OC(C)[C@H](O)C(O)C2O)OC(C(=O)O)[C@@H]1O. The minimum Gasteiger partial charge on any atom is -0.479 e. The van der Waals surface area contributed by atoms with Gasteiger partial charge in [-0.25, -0.2) is 4.79 Å². The molecule has 0 saturated carbocycles. The molecule has 14 nitrogen and oxygen atoms in total. The number of hydrogen-bond donors (Lipinski definition) is 8. The first kappa shape index (κ1) is 29.5. The third kappa shape index (κ3) is 6.17. The third-order valence-corrected chi connectivity index (χ3v) is 7.33. The average Bonchev–Trinajstić information content (AvgIpc) is 2.84. The lowest BCUT2D eigenvalue weighted by atomic mass is 9.84. The molecule has 3 fully saturated rings. The van der Waals surface area contributed by atoms with Crippen LogP contribution in [0.1, 0.15) is 20.3 Å². The van der Waals surface area contributed by atoms with Crippen molar-refractivity contribution in [3.05, 3.63) is 0 Å². The number of carboxylic acids is 1. The van der Waals surface area contributed by atoms with Gasteiger partial charge >= 0.3 is 5.97 Å². The molecule has 8 N–H and O–H groups in total. The van der Waals surface area contributed by atoms with Crippen LogP contribution in [0.3, 0.4) is 0 Å². The smallest absolute Gasteiger partial charge is 0.335 e. The van der Waals surface area contributed by atoms with Gasteiger partial charge in [-0.15, -0.1) is 0 Å². The summed E-state index contributed by atoms with van der Waals surface area (Å²) in [4.78, 5) is 11.5. The van der Waals surface area contributed by atoms with E-state index in [4.69, 9.17) is 23.7 Å². The molecular formula is C22H38O14. The van der Waals surface area contributed by atoms with Crippen LogP contribution >= 0.6 is 0 Å². The van der Waals surface area contributed by atoms with E-state index in [1.54, 1.807) is 6.92 Å². The zero-order valence-electron chi connectivity index (χ0n) is 20.1. The van der Waals surface area contributed by atoms with E-state index in [1.807, 2.05) is 0 Å². The second-order valence-electron chi connectivity index (χ2n) is 9.63. The minimum absolute atomic E-state index is 0.00708. The van der Waals surface area contributed by atoms with Crippen LogP contribution in [0.15, 0.2) is 0 Å². The fraction of sp³-hybridized carbons (Fsp3) is 0.955. The molecule has 3 saturated heterocycles. The van der Waals surface area contributed by atoms with Crippen LogP contribution in [0, 0.1) is 17.8 Å². The number of aliphatic hydroxyl groups excluding tert-OH is 7. The lowest BCUT2D eigenvalue weighted by Gasteiger charge is -2.44. The predicted molar refractivity (Wildman–Crippen MR) is 116 cm³/mol. The van der Waals surface area contributed by atoms with Gasteiger partial charge in [-0.2, -0.15) is 0 Å². The van der Waals surface area contributed by atoms with Gasteiger partial charge in [-0.3, -0.25) is 0 Å². The zero-order chi connectivity index (χ0) is 26.7.